The summed E-state index contributed by atoms with van der Waals surface area (Å²) in [6.07, 6.45) is 3.45. The third-order valence-corrected chi connectivity index (χ3v) is 2.88. The molecule has 1 unspecified atom stereocenters. The number of nitrogens with zero attached hydrogens (tertiary/aromatic N) is 2. The number of aliphatic hydroxyl groups is 1. The summed E-state index contributed by atoms with van der Waals surface area (Å²) in [6.45, 7) is 2.30. The van der Waals surface area contributed by atoms with Crippen LogP contribution in [0.2, 0.25) is 0 Å². The molecular weight excluding hydrogens is 214 g/mol. The topological polar surface area (TPSA) is 58.0 Å². The van der Waals surface area contributed by atoms with Crippen LogP contribution in [0.1, 0.15) is 19.8 Å². The van der Waals surface area contributed by atoms with Crippen LogP contribution in [0.4, 0.5) is 5.69 Å². The van der Waals surface area contributed by atoms with Crippen molar-refractivity contribution in [2.45, 2.75) is 25.8 Å². The number of aliphatic hydroxyl groups excluding tert-OH is 1. The molecule has 0 aliphatic heterocycles. The average molecular weight is 231 g/mol. The third kappa shape index (κ3) is 2.71. The van der Waals surface area contributed by atoms with Crippen molar-refractivity contribution in [3.8, 4) is 0 Å². The molecule has 0 radical (unpaired) electrons. The maximum Gasteiger partial charge on any atom is 0.0950 e. The van der Waals surface area contributed by atoms with E-state index in [9.17, 15) is 0 Å². The fourth-order valence-electron chi connectivity index (χ4n) is 1.88. The molecule has 0 aliphatic carbocycles. The van der Waals surface area contributed by atoms with Gasteiger partial charge in [-0.1, -0.05) is 25.1 Å². The standard InChI is InChI=1S/C13H17N3O/c1-2-10(7-8-17)15-13-9-14-16-12-6-4-3-5-11(12)13/h3-6,9-10,17H,2,7-8H2,1H3,(H,15,16). The summed E-state index contributed by atoms with van der Waals surface area (Å²) in [5.41, 5.74) is 1.87. The van der Waals surface area contributed by atoms with Gasteiger partial charge in [0.25, 0.3) is 0 Å². The third-order valence-electron chi connectivity index (χ3n) is 2.88. The second kappa shape index (κ2) is 5.59. The SMILES string of the molecule is CCC(CCO)Nc1cnnc2ccccc12. The zero-order valence-corrected chi connectivity index (χ0v) is 9.93. The van der Waals surface area contributed by atoms with E-state index in [0.717, 1.165) is 29.4 Å². The quantitative estimate of drug-likeness (QED) is 0.828. The Balaban J connectivity index is 2.28. The van der Waals surface area contributed by atoms with E-state index in [0.29, 0.717) is 0 Å². The second-order valence-electron chi connectivity index (χ2n) is 4.04. The van der Waals surface area contributed by atoms with Crippen LogP contribution in [0.15, 0.2) is 30.5 Å². The molecule has 4 nitrogen and oxygen atoms in total. The van der Waals surface area contributed by atoms with Gasteiger partial charge in [-0.15, -0.1) is 0 Å². The second-order valence-corrected chi connectivity index (χ2v) is 4.04. The number of nitrogens with one attached hydrogen (secondary N) is 1. The molecule has 2 aromatic rings. The lowest BCUT2D eigenvalue weighted by atomic mass is 10.1. The van der Waals surface area contributed by atoms with Crippen LogP contribution in [0.3, 0.4) is 0 Å². The van der Waals surface area contributed by atoms with Crippen molar-refractivity contribution < 1.29 is 5.11 Å². The van der Waals surface area contributed by atoms with Gasteiger partial charge in [0.05, 0.1) is 17.4 Å². The fourth-order valence-corrected chi connectivity index (χ4v) is 1.88. The van der Waals surface area contributed by atoms with E-state index < -0.39 is 0 Å². The molecule has 17 heavy (non-hydrogen) atoms. The fraction of sp³-hybridized carbons (Fsp3) is 0.385. The van der Waals surface area contributed by atoms with Gasteiger partial charge < -0.3 is 10.4 Å². The molecule has 0 aliphatic rings. The zero-order valence-electron chi connectivity index (χ0n) is 9.93. The van der Waals surface area contributed by atoms with Crippen LogP contribution < -0.4 is 5.32 Å². The molecule has 0 fully saturated rings. The normalized spacial score (nSPS) is 12.6. The van der Waals surface area contributed by atoms with Gasteiger partial charge in [0.15, 0.2) is 0 Å². The maximum atomic E-state index is 8.99. The first kappa shape index (κ1) is 11.8. The Bertz CT molecular complexity index is 482. The van der Waals surface area contributed by atoms with Gasteiger partial charge in [-0.05, 0) is 18.9 Å². The average Bonchev–Trinajstić information content (AvgIpc) is 2.38. The summed E-state index contributed by atoms with van der Waals surface area (Å²) in [5, 5.41) is 21.5. The summed E-state index contributed by atoms with van der Waals surface area (Å²) in [7, 11) is 0. The lowest BCUT2D eigenvalue weighted by molar-refractivity contribution is 0.278. The lowest BCUT2D eigenvalue weighted by Crippen LogP contribution is -2.20. The van der Waals surface area contributed by atoms with E-state index in [1.54, 1.807) is 6.20 Å². The minimum Gasteiger partial charge on any atom is -0.396 e. The first-order valence-corrected chi connectivity index (χ1v) is 5.93. The summed E-state index contributed by atoms with van der Waals surface area (Å²) < 4.78 is 0. The lowest BCUT2D eigenvalue weighted by Gasteiger charge is -2.17. The van der Waals surface area contributed by atoms with Gasteiger partial charge in [-0.25, -0.2) is 0 Å². The van der Waals surface area contributed by atoms with Crippen LogP contribution in [0.5, 0.6) is 0 Å². The van der Waals surface area contributed by atoms with Crippen molar-refractivity contribution in [3.63, 3.8) is 0 Å². The maximum absolute atomic E-state index is 8.99. The highest BCUT2D eigenvalue weighted by molar-refractivity contribution is 5.90. The number of hydrogen-bond acceptors (Lipinski definition) is 4. The zero-order chi connectivity index (χ0) is 12.1. The van der Waals surface area contributed by atoms with Crippen LogP contribution in [0.25, 0.3) is 10.9 Å². The Kier molecular flexibility index (Phi) is 3.88. The van der Waals surface area contributed by atoms with E-state index in [1.165, 1.54) is 0 Å². The smallest absolute Gasteiger partial charge is 0.0950 e. The highest BCUT2D eigenvalue weighted by atomic mass is 16.3. The van der Waals surface area contributed by atoms with Gasteiger partial charge in [0.1, 0.15) is 0 Å². The van der Waals surface area contributed by atoms with E-state index >= 15 is 0 Å². The van der Waals surface area contributed by atoms with Crippen molar-refractivity contribution in [3.05, 3.63) is 30.5 Å². The number of fused-ring (bicyclic) bond motifs is 1. The molecule has 0 bridgehead atoms. The summed E-state index contributed by atoms with van der Waals surface area (Å²) in [4.78, 5) is 0. The molecule has 1 aromatic heterocycles. The van der Waals surface area contributed by atoms with Gasteiger partial charge >= 0.3 is 0 Å². The predicted molar refractivity (Wildman–Crippen MR) is 68.9 cm³/mol. The molecule has 2 N–H and O–H groups in total. The monoisotopic (exact) mass is 231 g/mol. The molecule has 1 aromatic carbocycles. The molecule has 2 rings (SSSR count). The number of rotatable bonds is 5. The van der Waals surface area contributed by atoms with Crippen LogP contribution in [-0.2, 0) is 0 Å². The van der Waals surface area contributed by atoms with Crippen LogP contribution in [-0.4, -0.2) is 28.0 Å². The first-order valence-electron chi connectivity index (χ1n) is 5.93. The Morgan fingerprint density at radius 1 is 1.35 bits per heavy atom. The summed E-state index contributed by atoms with van der Waals surface area (Å²) in [6, 6.07) is 8.18. The molecule has 90 valence electrons. The Morgan fingerprint density at radius 2 is 2.18 bits per heavy atom. The van der Waals surface area contributed by atoms with E-state index in [4.69, 9.17) is 5.11 Å². The molecule has 0 saturated carbocycles. The summed E-state index contributed by atoms with van der Waals surface area (Å²) in [5.74, 6) is 0. The van der Waals surface area contributed by atoms with E-state index in [1.807, 2.05) is 24.3 Å². The van der Waals surface area contributed by atoms with Gasteiger partial charge in [0.2, 0.25) is 0 Å². The van der Waals surface area contributed by atoms with Crippen molar-refractivity contribution in [1.82, 2.24) is 10.2 Å². The molecule has 1 heterocycles. The number of aromatic nitrogens is 2. The van der Waals surface area contributed by atoms with E-state index in [-0.39, 0.29) is 12.6 Å². The first-order chi connectivity index (χ1) is 8.35. The molecule has 1 atom stereocenters. The Morgan fingerprint density at radius 3 is 2.94 bits per heavy atom. The Hall–Kier alpha value is -1.68. The largest absolute Gasteiger partial charge is 0.396 e. The van der Waals surface area contributed by atoms with Crippen molar-refractivity contribution >= 4 is 16.6 Å². The number of anilines is 1. The minimum absolute atomic E-state index is 0.196. The summed E-state index contributed by atoms with van der Waals surface area (Å²) >= 11 is 0. The number of benzene rings is 1. The van der Waals surface area contributed by atoms with E-state index in [2.05, 4.69) is 22.4 Å². The predicted octanol–water partition coefficient (Wildman–Crippen LogP) is 2.20. The minimum atomic E-state index is 0.196. The van der Waals surface area contributed by atoms with Crippen LogP contribution >= 0.6 is 0 Å². The molecule has 0 saturated heterocycles. The van der Waals surface area contributed by atoms with Gasteiger partial charge in [0, 0.05) is 18.0 Å². The molecule has 0 amide bonds. The molecule has 0 spiro atoms. The highest BCUT2D eigenvalue weighted by Gasteiger charge is 2.08. The molecule has 4 heteroatoms. The highest BCUT2D eigenvalue weighted by Crippen LogP contribution is 2.21. The van der Waals surface area contributed by atoms with Crippen LogP contribution in [0, 0.1) is 0 Å². The Labute approximate surface area is 101 Å². The van der Waals surface area contributed by atoms with Gasteiger partial charge in [-0.2, -0.15) is 10.2 Å². The van der Waals surface area contributed by atoms with Crippen molar-refractivity contribution in [2.75, 3.05) is 11.9 Å². The molecular formula is C13H17N3O. The van der Waals surface area contributed by atoms with Crippen molar-refractivity contribution in [2.24, 2.45) is 0 Å². The van der Waals surface area contributed by atoms with Gasteiger partial charge in [-0.3, -0.25) is 0 Å². The van der Waals surface area contributed by atoms with Crippen molar-refractivity contribution in [1.29, 1.82) is 0 Å². The number of hydrogen-bond donors (Lipinski definition) is 2.